The fourth-order valence-electron chi connectivity index (χ4n) is 4.92. The van der Waals surface area contributed by atoms with Crippen LogP contribution >= 0.6 is 23.2 Å². The van der Waals surface area contributed by atoms with Crippen LogP contribution in [0.3, 0.4) is 0 Å². The number of alkyl halides is 2. The number of rotatable bonds is 3. The van der Waals surface area contributed by atoms with Gasteiger partial charge in [0.15, 0.2) is 0 Å². The van der Waals surface area contributed by atoms with Crippen molar-refractivity contribution in [1.29, 1.82) is 0 Å². The molecule has 2 nitrogen and oxygen atoms in total. The lowest BCUT2D eigenvalue weighted by Gasteiger charge is -2.39. The Bertz CT molecular complexity index is 425. The van der Waals surface area contributed by atoms with Crippen LogP contribution in [-0.4, -0.2) is 29.2 Å². The second kappa shape index (κ2) is 8.27. The molecule has 0 aromatic heterocycles. The molecule has 3 aliphatic rings. The van der Waals surface area contributed by atoms with E-state index in [1.807, 2.05) is 0 Å². The molecule has 6 unspecified atom stereocenters. The molecule has 0 aromatic rings. The van der Waals surface area contributed by atoms with Gasteiger partial charge in [-0.05, 0) is 56.3 Å². The average molecular weight is 375 g/mol. The maximum atomic E-state index is 12.9. The van der Waals surface area contributed by atoms with Gasteiger partial charge < -0.3 is 4.74 Å². The predicted molar refractivity (Wildman–Crippen MR) is 99.8 cm³/mol. The first-order valence-electron chi connectivity index (χ1n) is 9.90. The van der Waals surface area contributed by atoms with Crippen LogP contribution in [0.2, 0.25) is 0 Å². The van der Waals surface area contributed by atoms with E-state index in [4.69, 9.17) is 27.9 Å². The normalized spacial score (nSPS) is 47.3. The van der Waals surface area contributed by atoms with Gasteiger partial charge in [-0.2, -0.15) is 0 Å². The molecule has 0 amide bonds. The average Bonchev–Trinajstić information content (AvgIpc) is 2.60. The first kappa shape index (κ1) is 19.0. The van der Waals surface area contributed by atoms with Crippen LogP contribution < -0.4 is 0 Å². The molecule has 0 aromatic carbocycles. The molecule has 1 heterocycles. The monoisotopic (exact) mass is 374 g/mol. The van der Waals surface area contributed by atoms with E-state index in [9.17, 15) is 4.79 Å². The van der Waals surface area contributed by atoms with Gasteiger partial charge in [-0.3, -0.25) is 4.79 Å². The number of ether oxygens (including phenoxy) is 1. The van der Waals surface area contributed by atoms with Crippen molar-refractivity contribution in [3.8, 4) is 0 Å². The van der Waals surface area contributed by atoms with Crippen LogP contribution in [0.1, 0.15) is 65.2 Å². The molecule has 4 heteroatoms. The molecular formula is C20H32Cl2O2. The van der Waals surface area contributed by atoms with Crippen LogP contribution in [-0.2, 0) is 9.53 Å². The molecule has 2 aliphatic carbocycles. The standard InChI is InChI=1S/C20H32Cl2O2/c1-12-3-6-14(7-4-12)17-10-8-15(11-24-17)20(23)16-9-5-13(2)18(21)19(16)22/h12-19H,3-11H2,1-2H3. The third-order valence-corrected chi connectivity index (χ3v) is 8.24. The van der Waals surface area contributed by atoms with Crippen LogP contribution in [0.15, 0.2) is 0 Å². The summed E-state index contributed by atoms with van der Waals surface area (Å²) in [6, 6.07) is 0. The van der Waals surface area contributed by atoms with Crippen molar-refractivity contribution in [1.82, 2.24) is 0 Å². The van der Waals surface area contributed by atoms with Crippen molar-refractivity contribution in [2.24, 2.45) is 29.6 Å². The Morgan fingerprint density at radius 2 is 1.58 bits per heavy atom. The molecule has 24 heavy (non-hydrogen) atoms. The molecule has 1 saturated heterocycles. The zero-order valence-corrected chi connectivity index (χ0v) is 16.6. The van der Waals surface area contributed by atoms with E-state index < -0.39 is 0 Å². The third-order valence-electron chi connectivity index (χ3n) is 6.83. The first-order chi connectivity index (χ1) is 11.5. The van der Waals surface area contributed by atoms with Crippen molar-refractivity contribution in [2.75, 3.05) is 6.61 Å². The lowest BCUT2D eigenvalue weighted by Crippen LogP contribution is -2.44. The highest BCUT2D eigenvalue weighted by atomic mass is 35.5. The van der Waals surface area contributed by atoms with Gasteiger partial charge in [0, 0.05) is 11.8 Å². The maximum Gasteiger partial charge on any atom is 0.142 e. The number of carbonyl (C=O) groups is 1. The first-order valence-corrected chi connectivity index (χ1v) is 10.8. The summed E-state index contributed by atoms with van der Waals surface area (Å²) in [5, 5.41) is -0.309. The summed E-state index contributed by atoms with van der Waals surface area (Å²) in [5.41, 5.74) is 0. The van der Waals surface area contributed by atoms with Crippen LogP contribution in [0.25, 0.3) is 0 Å². The fraction of sp³-hybridized carbons (Fsp3) is 0.950. The van der Waals surface area contributed by atoms with Crippen LogP contribution in [0, 0.1) is 29.6 Å². The van der Waals surface area contributed by atoms with Gasteiger partial charge in [-0.25, -0.2) is 0 Å². The number of hydrogen-bond donors (Lipinski definition) is 0. The molecule has 0 N–H and O–H groups in total. The van der Waals surface area contributed by atoms with Gasteiger partial charge in [0.2, 0.25) is 0 Å². The minimum absolute atomic E-state index is 0.0345. The second-order valence-electron chi connectivity index (χ2n) is 8.62. The van der Waals surface area contributed by atoms with E-state index in [0.29, 0.717) is 30.3 Å². The van der Waals surface area contributed by atoms with E-state index in [0.717, 1.165) is 31.6 Å². The number of Topliss-reactive ketones (excluding diaryl/α,β-unsaturated/α-hetero) is 1. The zero-order valence-electron chi connectivity index (χ0n) is 15.1. The van der Waals surface area contributed by atoms with Crippen molar-refractivity contribution >= 4 is 29.0 Å². The summed E-state index contributed by atoms with van der Waals surface area (Å²) in [6.07, 6.45) is 9.53. The molecule has 2 saturated carbocycles. The Morgan fingerprint density at radius 1 is 0.875 bits per heavy atom. The zero-order chi connectivity index (χ0) is 17.3. The topological polar surface area (TPSA) is 26.3 Å². The number of ketones is 1. The van der Waals surface area contributed by atoms with Gasteiger partial charge in [-0.1, -0.05) is 26.7 Å². The molecule has 0 bridgehead atoms. The highest BCUT2D eigenvalue weighted by Crippen LogP contribution is 2.40. The van der Waals surface area contributed by atoms with E-state index in [2.05, 4.69) is 13.8 Å². The summed E-state index contributed by atoms with van der Waals surface area (Å²) in [7, 11) is 0. The Balaban J connectivity index is 1.50. The quantitative estimate of drug-likeness (QED) is 0.614. The summed E-state index contributed by atoms with van der Waals surface area (Å²) in [5.74, 6) is 2.25. The second-order valence-corrected chi connectivity index (χ2v) is 9.63. The third kappa shape index (κ3) is 4.13. The Morgan fingerprint density at radius 3 is 2.21 bits per heavy atom. The van der Waals surface area contributed by atoms with Crippen molar-refractivity contribution in [3.05, 3.63) is 0 Å². The Kier molecular flexibility index (Phi) is 6.54. The van der Waals surface area contributed by atoms with E-state index in [1.54, 1.807) is 0 Å². The summed E-state index contributed by atoms with van der Waals surface area (Å²) < 4.78 is 6.16. The summed E-state index contributed by atoms with van der Waals surface area (Å²) in [4.78, 5) is 12.9. The SMILES string of the molecule is CC1CCC(C2CCC(C(=O)C3CCC(C)C(Cl)C3Cl)CO2)CC1. The number of carbonyl (C=O) groups excluding carboxylic acids is 1. The minimum atomic E-state index is -0.222. The van der Waals surface area contributed by atoms with Crippen molar-refractivity contribution in [3.63, 3.8) is 0 Å². The van der Waals surface area contributed by atoms with Crippen molar-refractivity contribution in [2.45, 2.75) is 82.1 Å². The maximum absolute atomic E-state index is 12.9. The highest BCUT2D eigenvalue weighted by molar-refractivity contribution is 6.31. The smallest absolute Gasteiger partial charge is 0.142 e. The van der Waals surface area contributed by atoms with Gasteiger partial charge in [0.05, 0.1) is 23.5 Å². The molecule has 3 rings (SSSR count). The number of hydrogen-bond acceptors (Lipinski definition) is 2. The molecule has 138 valence electrons. The molecule has 6 atom stereocenters. The lowest BCUT2D eigenvalue weighted by molar-refractivity contribution is -0.136. The van der Waals surface area contributed by atoms with Gasteiger partial charge in [-0.15, -0.1) is 23.2 Å². The fourth-order valence-corrected chi connectivity index (χ4v) is 5.72. The largest absolute Gasteiger partial charge is 0.377 e. The van der Waals surface area contributed by atoms with E-state index in [-0.39, 0.29) is 22.6 Å². The Labute approximate surface area is 157 Å². The van der Waals surface area contributed by atoms with Gasteiger partial charge in [0.1, 0.15) is 5.78 Å². The summed E-state index contributed by atoms with van der Waals surface area (Å²) >= 11 is 12.9. The molecule has 3 fully saturated rings. The van der Waals surface area contributed by atoms with E-state index >= 15 is 0 Å². The molecule has 1 aliphatic heterocycles. The lowest BCUT2D eigenvalue weighted by atomic mass is 9.74. The predicted octanol–water partition coefficient (Wildman–Crippen LogP) is 5.44. The molecular weight excluding hydrogens is 343 g/mol. The Hall–Kier alpha value is 0.210. The minimum Gasteiger partial charge on any atom is -0.377 e. The van der Waals surface area contributed by atoms with E-state index in [1.165, 1.54) is 25.7 Å². The van der Waals surface area contributed by atoms with Crippen molar-refractivity contribution < 1.29 is 9.53 Å². The highest BCUT2D eigenvalue weighted by Gasteiger charge is 2.42. The van der Waals surface area contributed by atoms with Gasteiger partial charge in [0.25, 0.3) is 0 Å². The number of halogens is 2. The van der Waals surface area contributed by atoms with Crippen LogP contribution in [0.5, 0.6) is 0 Å². The van der Waals surface area contributed by atoms with Gasteiger partial charge >= 0.3 is 0 Å². The molecule has 0 spiro atoms. The summed E-state index contributed by atoms with van der Waals surface area (Å²) in [6.45, 7) is 5.08. The molecule has 0 radical (unpaired) electrons. The van der Waals surface area contributed by atoms with Crippen LogP contribution in [0.4, 0.5) is 0 Å².